The molecule has 0 bridgehead atoms. The molecule has 1 aliphatic rings. The zero-order chi connectivity index (χ0) is 18.1. The zero-order valence-corrected chi connectivity index (χ0v) is 15.9. The molecule has 1 saturated heterocycles. The summed E-state index contributed by atoms with van der Waals surface area (Å²) in [6.45, 7) is 1.86. The number of phenols is 1. The summed E-state index contributed by atoms with van der Waals surface area (Å²) in [7, 11) is 0. The lowest BCUT2D eigenvalue weighted by molar-refractivity contribution is -0.115. The van der Waals surface area contributed by atoms with E-state index in [-0.39, 0.29) is 21.7 Å². The van der Waals surface area contributed by atoms with Crippen LogP contribution in [0.2, 0.25) is 15.1 Å². The number of hydrogen-bond donors (Lipinski definition) is 2. The van der Waals surface area contributed by atoms with Crippen molar-refractivity contribution in [3.8, 4) is 5.75 Å². The lowest BCUT2D eigenvalue weighted by Gasteiger charge is -2.03. The van der Waals surface area contributed by atoms with Gasteiger partial charge in [-0.2, -0.15) is 0 Å². The van der Waals surface area contributed by atoms with Gasteiger partial charge in [0.1, 0.15) is 0 Å². The van der Waals surface area contributed by atoms with Crippen LogP contribution in [0.5, 0.6) is 5.75 Å². The van der Waals surface area contributed by atoms with E-state index >= 15 is 0 Å². The summed E-state index contributed by atoms with van der Waals surface area (Å²) < 4.78 is 0. The summed E-state index contributed by atoms with van der Waals surface area (Å²) in [5, 5.41) is 13.6. The van der Waals surface area contributed by atoms with Crippen molar-refractivity contribution in [1.29, 1.82) is 0 Å². The molecule has 4 nitrogen and oxygen atoms in total. The Morgan fingerprint density at radius 1 is 1.16 bits per heavy atom. The molecule has 1 heterocycles. The molecule has 1 amide bonds. The first-order chi connectivity index (χ1) is 11.8. The molecule has 128 valence electrons. The van der Waals surface area contributed by atoms with Gasteiger partial charge in [0.15, 0.2) is 10.9 Å². The van der Waals surface area contributed by atoms with Crippen molar-refractivity contribution < 1.29 is 9.90 Å². The Morgan fingerprint density at radius 3 is 2.52 bits per heavy atom. The van der Waals surface area contributed by atoms with Crippen molar-refractivity contribution in [3.63, 3.8) is 0 Å². The van der Waals surface area contributed by atoms with Gasteiger partial charge in [0.2, 0.25) is 0 Å². The number of thioether (sulfide) groups is 1. The molecule has 8 heteroatoms. The minimum Gasteiger partial charge on any atom is -0.505 e. The maximum atomic E-state index is 12.1. The fourth-order valence-electron chi connectivity index (χ4n) is 2.13. The minimum absolute atomic E-state index is 0.117. The second kappa shape index (κ2) is 7.30. The van der Waals surface area contributed by atoms with E-state index in [1.807, 2.05) is 13.0 Å². The van der Waals surface area contributed by atoms with Gasteiger partial charge in [-0.3, -0.25) is 4.79 Å². The fourth-order valence-corrected chi connectivity index (χ4v) is 3.64. The van der Waals surface area contributed by atoms with Gasteiger partial charge in [-0.05, 0) is 60.2 Å². The Labute approximate surface area is 163 Å². The molecule has 0 spiro atoms. The quantitative estimate of drug-likeness (QED) is 0.634. The minimum atomic E-state index is -0.274. The van der Waals surface area contributed by atoms with Crippen LogP contribution in [0.15, 0.2) is 40.2 Å². The van der Waals surface area contributed by atoms with Crippen LogP contribution >= 0.6 is 46.6 Å². The molecule has 1 fully saturated rings. The summed E-state index contributed by atoms with van der Waals surface area (Å²) in [5.41, 5.74) is 2.12. The molecule has 0 aliphatic carbocycles. The third kappa shape index (κ3) is 3.96. The Kier molecular flexibility index (Phi) is 5.29. The van der Waals surface area contributed by atoms with Crippen molar-refractivity contribution in [3.05, 3.63) is 61.4 Å². The number of amides is 1. The van der Waals surface area contributed by atoms with Crippen molar-refractivity contribution in [2.24, 2.45) is 4.99 Å². The number of rotatable bonds is 2. The first-order valence-electron chi connectivity index (χ1n) is 7.08. The van der Waals surface area contributed by atoms with E-state index < -0.39 is 0 Å². The highest BCUT2D eigenvalue weighted by molar-refractivity contribution is 8.18. The molecule has 2 aromatic rings. The topological polar surface area (TPSA) is 61.7 Å². The summed E-state index contributed by atoms with van der Waals surface area (Å²) in [6, 6.07) is 8.46. The SMILES string of the molecule is Cc1c(Cl)cccc1N=C1NC(=O)/C(=C\c2cc(Cl)c(O)c(Cl)c2)S1. The number of nitrogens with zero attached hydrogens (tertiary/aromatic N) is 1. The normalized spacial score (nSPS) is 17.4. The van der Waals surface area contributed by atoms with E-state index in [0.29, 0.717) is 26.3 Å². The molecule has 0 radical (unpaired) electrons. The lowest BCUT2D eigenvalue weighted by Crippen LogP contribution is -2.19. The first-order valence-corrected chi connectivity index (χ1v) is 9.03. The van der Waals surface area contributed by atoms with E-state index in [9.17, 15) is 9.90 Å². The second-order valence-electron chi connectivity index (χ2n) is 5.20. The molecule has 0 unspecified atom stereocenters. The van der Waals surface area contributed by atoms with Crippen LogP contribution in [-0.4, -0.2) is 16.2 Å². The average molecular weight is 414 g/mol. The molecule has 25 heavy (non-hydrogen) atoms. The Bertz CT molecular complexity index is 918. The first kappa shape index (κ1) is 18.1. The second-order valence-corrected chi connectivity index (χ2v) is 7.45. The van der Waals surface area contributed by atoms with Crippen LogP contribution in [0.3, 0.4) is 0 Å². The molecule has 2 aromatic carbocycles. The fraction of sp³-hybridized carbons (Fsp3) is 0.0588. The maximum Gasteiger partial charge on any atom is 0.264 e. The number of carbonyl (C=O) groups is 1. The van der Waals surface area contributed by atoms with Gasteiger partial charge in [-0.1, -0.05) is 40.9 Å². The van der Waals surface area contributed by atoms with E-state index in [1.54, 1.807) is 18.2 Å². The number of benzene rings is 2. The number of halogens is 3. The van der Waals surface area contributed by atoms with Crippen LogP contribution in [0.25, 0.3) is 6.08 Å². The molecule has 0 atom stereocenters. The summed E-state index contributed by atoms with van der Waals surface area (Å²) >= 11 is 19.1. The number of carbonyl (C=O) groups excluding carboxylic acids is 1. The number of amidine groups is 1. The molecule has 0 saturated carbocycles. The Balaban J connectivity index is 1.90. The predicted octanol–water partition coefficient (Wildman–Crippen LogP) is 5.55. The highest BCUT2D eigenvalue weighted by atomic mass is 35.5. The van der Waals surface area contributed by atoms with E-state index in [2.05, 4.69) is 10.3 Å². The van der Waals surface area contributed by atoms with Gasteiger partial charge in [0.05, 0.1) is 20.6 Å². The van der Waals surface area contributed by atoms with Crippen LogP contribution in [0, 0.1) is 6.92 Å². The van der Waals surface area contributed by atoms with Gasteiger partial charge >= 0.3 is 0 Å². The van der Waals surface area contributed by atoms with Crippen LogP contribution in [0.4, 0.5) is 5.69 Å². The van der Waals surface area contributed by atoms with Crippen LogP contribution < -0.4 is 5.32 Å². The molecule has 0 aromatic heterocycles. The Hall–Kier alpha value is -1.66. The van der Waals surface area contributed by atoms with Crippen LogP contribution in [-0.2, 0) is 4.79 Å². The average Bonchev–Trinajstić information content (AvgIpc) is 2.89. The van der Waals surface area contributed by atoms with Gasteiger partial charge < -0.3 is 10.4 Å². The third-order valence-electron chi connectivity index (χ3n) is 3.45. The van der Waals surface area contributed by atoms with Gasteiger partial charge in [-0.15, -0.1) is 0 Å². The van der Waals surface area contributed by atoms with E-state index in [0.717, 1.165) is 5.56 Å². The van der Waals surface area contributed by atoms with Crippen molar-refractivity contribution >= 4 is 69.4 Å². The number of hydrogen-bond acceptors (Lipinski definition) is 4. The zero-order valence-electron chi connectivity index (χ0n) is 12.8. The van der Waals surface area contributed by atoms with Crippen molar-refractivity contribution in [2.45, 2.75) is 6.92 Å². The maximum absolute atomic E-state index is 12.1. The van der Waals surface area contributed by atoms with Crippen molar-refractivity contribution in [2.75, 3.05) is 0 Å². The molecular formula is C17H11Cl3N2O2S. The van der Waals surface area contributed by atoms with Gasteiger partial charge in [0.25, 0.3) is 5.91 Å². The van der Waals surface area contributed by atoms with Gasteiger partial charge in [0, 0.05) is 5.02 Å². The largest absolute Gasteiger partial charge is 0.505 e. The van der Waals surface area contributed by atoms with Gasteiger partial charge in [-0.25, -0.2) is 4.99 Å². The predicted molar refractivity (Wildman–Crippen MR) is 105 cm³/mol. The monoisotopic (exact) mass is 412 g/mol. The standard InChI is InChI=1S/C17H11Cl3N2O2S/c1-8-10(18)3-2-4-13(8)21-17-22-16(24)14(25-17)7-9-5-11(19)15(23)12(20)6-9/h2-7,23H,1H3,(H,21,22,24)/b14-7+. The van der Waals surface area contributed by atoms with E-state index in [4.69, 9.17) is 34.8 Å². The summed E-state index contributed by atoms with van der Waals surface area (Å²) in [4.78, 5) is 17.0. The van der Waals surface area contributed by atoms with Crippen LogP contribution in [0.1, 0.15) is 11.1 Å². The van der Waals surface area contributed by atoms with Crippen molar-refractivity contribution in [1.82, 2.24) is 5.32 Å². The number of aliphatic imine (C=N–C) groups is 1. The molecular weight excluding hydrogens is 403 g/mol. The molecule has 2 N–H and O–H groups in total. The lowest BCUT2D eigenvalue weighted by atomic mass is 10.2. The summed E-state index contributed by atoms with van der Waals surface area (Å²) in [6.07, 6.45) is 1.63. The third-order valence-corrected chi connectivity index (χ3v) is 5.34. The number of nitrogens with one attached hydrogen (secondary N) is 1. The Morgan fingerprint density at radius 2 is 1.84 bits per heavy atom. The molecule has 1 aliphatic heterocycles. The highest BCUT2D eigenvalue weighted by Gasteiger charge is 2.24. The smallest absolute Gasteiger partial charge is 0.264 e. The highest BCUT2D eigenvalue weighted by Crippen LogP contribution is 2.35. The number of phenolic OH excluding ortho intramolecular Hbond substituents is 1. The number of aromatic hydroxyl groups is 1. The van der Waals surface area contributed by atoms with E-state index in [1.165, 1.54) is 23.9 Å². The molecule has 3 rings (SSSR count). The summed E-state index contributed by atoms with van der Waals surface area (Å²) in [5.74, 6) is -0.462.